The fourth-order valence-electron chi connectivity index (χ4n) is 6.75. The minimum absolute atomic E-state index is 0.0291. The van der Waals surface area contributed by atoms with E-state index in [-0.39, 0.29) is 45.7 Å². The van der Waals surface area contributed by atoms with Crippen molar-refractivity contribution < 1.29 is 38.8 Å². The van der Waals surface area contributed by atoms with E-state index in [1.807, 2.05) is 18.7 Å². The summed E-state index contributed by atoms with van der Waals surface area (Å²) in [5.74, 6) is -2.17. The van der Waals surface area contributed by atoms with Gasteiger partial charge in [0.1, 0.15) is 10.7 Å². The number of aromatic nitrogens is 3. The summed E-state index contributed by atoms with van der Waals surface area (Å²) in [4.78, 5) is 14.5. The molecule has 2 saturated heterocycles. The van der Waals surface area contributed by atoms with Gasteiger partial charge in [-0.05, 0) is 63.4 Å². The number of sulfone groups is 1. The number of benzene rings is 2. The molecule has 2 aromatic heterocycles. The van der Waals surface area contributed by atoms with Crippen molar-refractivity contribution in [2.75, 3.05) is 33.0 Å². The predicted molar refractivity (Wildman–Crippen MR) is 175 cm³/mol. The summed E-state index contributed by atoms with van der Waals surface area (Å²) in [5.41, 5.74) is -2.57. The van der Waals surface area contributed by atoms with Crippen LogP contribution >= 0.6 is 11.3 Å². The quantitative estimate of drug-likeness (QED) is 0.199. The average molecular weight is 741 g/mol. The molecule has 1 aliphatic carbocycles. The second kappa shape index (κ2) is 11.3. The van der Waals surface area contributed by atoms with E-state index in [2.05, 4.69) is 15.3 Å². The molecule has 2 aromatic carbocycles. The number of rotatable bonds is 8. The number of hydrogen-bond acceptors (Lipinski definition) is 10. The smallest absolute Gasteiger partial charge is 0.351 e. The molecule has 4 heterocycles. The van der Waals surface area contributed by atoms with Gasteiger partial charge in [0.05, 0.1) is 39.0 Å². The summed E-state index contributed by atoms with van der Waals surface area (Å²) >= 11 is 1.23. The molecule has 0 radical (unpaired) electrons. The largest absolute Gasteiger partial charge is 0.417 e. The van der Waals surface area contributed by atoms with Gasteiger partial charge in [0.2, 0.25) is 5.95 Å². The molecule has 0 atom stereocenters. The summed E-state index contributed by atoms with van der Waals surface area (Å²) in [7, 11) is -8.23. The van der Waals surface area contributed by atoms with E-state index >= 15 is 4.39 Å². The van der Waals surface area contributed by atoms with Crippen LogP contribution in [0.15, 0.2) is 53.6 Å². The summed E-state index contributed by atoms with van der Waals surface area (Å²) in [6.07, 6.45) is -1.50. The van der Waals surface area contributed by atoms with Crippen molar-refractivity contribution in [1.29, 1.82) is 0 Å². The maximum atomic E-state index is 16.3. The molecule has 3 fully saturated rings. The first-order valence-electron chi connectivity index (χ1n) is 15.1. The van der Waals surface area contributed by atoms with Crippen molar-refractivity contribution in [3.63, 3.8) is 0 Å². The second-order valence-electron chi connectivity index (χ2n) is 13.3. The van der Waals surface area contributed by atoms with Crippen LogP contribution in [0.2, 0.25) is 0 Å². The first-order valence-corrected chi connectivity index (χ1v) is 19.2. The second-order valence-corrected chi connectivity index (χ2v) is 18.0. The van der Waals surface area contributed by atoms with Crippen molar-refractivity contribution in [2.45, 2.75) is 55.8 Å². The maximum Gasteiger partial charge on any atom is 0.417 e. The van der Waals surface area contributed by atoms with Crippen LogP contribution in [0.25, 0.3) is 21.8 Å². The van der Waals surface area contributed by atoms with Gasteiger partial charge in [0.25, 0.3) is 10.0 Å². The molecule has 260 valence electrons. The Bertz CT molecular complexity index is 2190. The van der Waals surface area contributed by atoms with E-state index in [9.17, 15) is 34.4 Å². The third-order valence-electron chi connectivity index (χ3n) is 9.20. The molecule has 3 aliphatic rings. The van der Waals surface area contributed by atoms with Gasteiger partial charge in [0, 0.05) is 35.3 Å². The molecule has 0 unspecified atom stereocenters. The topological polar surface area (TPSA) is 134 Å². The van der Waals surface area contributed by atoms with Crippen LogP contribution in [-0.2, 0) is 26.0 Å². The lowest BCUT2D eigenvalue weighted by atomic mass is 9.67. The fourth-order valence-corrected chi connectivity index (χ4v) is 11.6. The highest BCUT2D eigenvalue weighted by molar-refractivity contribution is 7.93. The zero-order valence-electron chi connectivity index (χ0n) is 26.0. The lowest BCUT2D eigenvalue weighted by Gasteiger charge is -2.53. The molecule has 0 bridgehead atoms. The van der Waals surface area contributed by atoms with Crippen LogP contribution in [0.1, 0.15) is 38.7 Å². The monoisotopic (exact) mass is 740 g/mol. The number of hydrogen-bond donors (Lipinski definition) is 2. The Labute approximate surface area is 282 Å². The molecule has 7 rings (SSSR count). The molecular weight excluding hydrogens is 712 g/mol. The Kier molecular flexibility index (Phi) is 7.75. The molecule has 4 aromatic rings. The first kappa shape index (κ1) is 33.6. The van der Waals surface area contributed by atoms with Gasteiger partial charge < -0.3 is 10.2 Å². The highest BCUT2D eigenvalue weighted by Crippen LogP contribution is 2.51. The SMILES string of the molecule is CC1(C)CCN1c1nc(-c2cccc(NS(=O)(=O)c3c(F)cccc3C(F)(F)F)c2F)c(-c2ccnc(NC3CC4(C3)CS(=O)(=O)C4)n2)s1. The number of nitrogens with zero attached hydrogens (tertiary/aromatic N) is 4. The zero-order valence-corrected chi connectivity index (χ0v) is 28.4. The Morgan fingerprint density at radius 3 is 2.37 bits per heavy atom. The summed E-state index contributed by atoms with van der Waals surface area (Å²) < 4.78 is 123. The lowest BCUT2D eigenvalue weighted by Crippen LogP contribution is -2.60. The molecule has 1 saturated carbocycles. The number of anilines is 3. The molecule has 10 nitrogen and oxygen atoms in total. The summed E-state index contributed by atoms with van der Waals surface area (Å²) in [6.45, 7) is 4.73. The van der Waals surface area contributed by atoms with Gasteiger partial charge in [-0.2, -0.15) is 13.2 Å². The van der Waals surface area contributed by atoms with E-state index in [0.29, 0.717) is 47.2 Å². The van der Waals surface area contributed by atoms with E-state index < -0.39 is 53.8 Å². The Morgan fingerprint density at radius 2 is 1.73 bits per heavy atom. The van der Waals surface area contributed by atoms with Gasteiger partial charge in [0.15, 0.2) is 20.8 Å². The minimum atomic E-state index is -5.26. The number of thiazole rings is 1. The number of alkyl halides is 3. The third kappa shape index (κ3) is 6.11. The van der Waals surface area contributed by atoms with Gasteiger partial charge in [-0.25, -0.2) is 40.6 Å². The fraction of sp³-hybridized carbons (Fsp3) is 0.387. The van der Waals surface area contributed by atoms with Crippen molar-refractivity contribution in [2.24, 2.45) is 5.41 Å². The maximum absolute atomic E-state index is 16.3. The van der Waals surface area contributed by atoms with Crippen LogP contribution in [0, 0.1) is 17.0 Å². The highest BCUT2D eigenvalue weighted by atomic mass is 32.2. The van der Waals surface area contributed by atoms with Gasteiger partial charge >= 0.3 is 6.18 Å². The molecular formula is C31H29F5N6O4S3. The Hall–Kier alpha value is -3.90. The van der Waals surface area contributed by atoms with Crippen LogP contribution in [-0.4, -0.2) is 61.4 Å². The van der Waals surface area contributed by atoms with Crippen molar-refractivity contribution >= 4 is 48.0 Å². The van der Waals surface area contributed by atoms with Crippen LogP contribution in [0.3, 0.4) is 0 Å². The summed E-state index contributed by atoms with van der Waals surface area (Å²) in [5, 5.41) is 3.79. The number of sulfonamides is 1. The lowest BCUT2D eigenvalue weighted by molar-refractivity contribution is -0.140. The number of halogens is 5. The highest BCUT2D eigenvalue weighted by Gasteiger charge is 2.56. The van der Waals surface area contributed by atoms with Gasteiger partial charge in [-0.1, -0.05) is 23.5 Å². The molecule has 1 spiro atoms. The Balaban J connectivity index is 1.24. The number of nitrogens with one attached hydrogen (secondary N) is 2. The van der Waals surface area contributed by atoms with Gasteiger partial charge in [-0.15, -0.1) is 0 Å². The van der Waals surface area contributed by atoms with Crippen molar-refractivity contribution in [3.8, 4) is 21.8 Å². The van der Waals surface area contributed by atoms with Gasteiger partial charge in [-0.3, -0.25) is 4.72 Å². The predicted octanol–water partition coefficient (Wildman–Crippen LogP) is 6.34. The first-order chi connectivity index (χ1) is 22.9. The normalized spacial score (nSPS) is 19.5. The Morgan fingerprint density at radius 1 is 1.02 bits per heavy atom. The van der Waals surface area contributed by atoms with Crippen LogP contribution in [0.4, 0.5) is 38.7 Å². The molecule has 0 amide bonds. The summed E-state index contributed by atoms with van der Waals surface area (Å²) in [6, 6.07) is 6.98. The van der Waals surface area contributed by atoms with E-state index in [1.54, 1.807) is 10.8 Å². The van der Waals surface area contributed by atoms with Crippen LogP contribution in [0.5, 0.6) is 0 Å². The van der Waals surface area contributed by atoms with E-state index in [4.69, 9.17) is 4.98 Å². The van der Waals surface area contributed by atoms with E-state index in [0.717, 1.165) is 18.6 Å². The molecule has 2 aliphatic heterocycles. The van der Waals surface area contributed by atoms with Crippen LogP contribution < -0.4 is 14.9 Å². The van der Waals surface area contributed by atoms with Crippen molar-refractivity contribution in [3.05, 3.63) is 65.9 Å². The molecule has 2 N–H and O–H groups in total. The standard InChI is InChI=1S/C31H29F5N6O4S3/c1-29(2)10-12-42(29)28-40-24(25(47-28)22-9-11-37-27(39-22)38-17-13-30(14-17)15-48(43,44)16-30)18-5-3-8-21(23(18)33)41-49(45,46)26-19(31(34,35)36)6-4-7-20(26)32/h3-9,11,17,41H,10,12-16H2,1-2H3,(H,37,38,39). The van der Waals surface area contributed by atoms with Crippen molar-refractivity contribution in [1.82, 2.24) is 15.0 Å². The zero-order chi connectivity index (χ0) is 35.1. The molecule has 18 heteroatoms. The van der Waals surface area contributed by atoms with E-state index in [1.165, 1.54) is 29.7 Å². The molecule has 49 heavy (non-hydrogen) atoms. The average Bonchev–Trinajstić information content (AvgIpc) is 3.39. The third-order valence-corrected chi connectivity index (χ3v) is 13.8. The minimum Gasteiger partial charge on any atom is -0.351 e.